The van der Waals surface area contributed by atoms with Crippen LogP contribution in [-0.4, -0.2) is 66.6 Å². The van der Waals surface area contributed by atoms with Crippen molar-refractivity contribution in [3.63, 3.8) is 0 Å². The molecular weight excluding hydrogens is 285 g/mol. The highest BCUT2D eigenvalue weighted by Gasteiger charge is 2.21. The van der Waals surface area contributed by atoms with Crippen LogP contribution in [0.2, 0.25) is 0 Å². The molecule has 1 aliphatic rings. The van der Waals surface area contributed by atoms with Crippen molar-refractivity contribution in [1.82, 2.24) is 15.1 Å². The number of halogens is 1. The molecule has 0 radical (unpaired) electrons. The van der Waals surface area contributed by atoms with E-state index in [2.05, 4.69) is 15.1 Å². The van der Waals surface area contributed by atoms with E-state index in [0.717, 1.165) is 31.7 Å². The van der Waals surface area contributed by atoms with Crippen molar-refractivity contribution in [1.29, 1.82) is 0 Å². The van der Waals surface area contributed by atoms with Gasteiger partial charge in [-0.05, 0) is 24.6 Å². The smallest absolute Gasteiger partial charge is 0.234 e. The van der Waals surface area contributed by atoms with E-state index in [4.69, 9.17) is 0 Å². The Morgan fingerprint density at radius 1 is 1.23 bits per heavy atom. The number of piperazine rings is 1. The van der Waals surface area contributed by atoms with Gasteiger partial charge in [-0.15, -0.1) is 0 Å². The minimum atomic E-state index is -0.615. The average molecular weight is 309 g/mol. The van der Waals surface area contributed by atoms with Gasteiger partial charge in [0.1, 0.15) is 5.82 Å². The Labute approximate surface area is 130 Å². The Morgan fingerprint density at radius 2 is 1.82 bits per heavy atom. The molecule has 2 rings (SSSR count). The number of hydrogen-bond acceptors (Lipinski definition) is 4. The molecule has 22 heavy (non-hydrogen) atoms. The average Bonchev–Trinajstić information content (AvgIpc) is 2.50. The highest BCUT2D eigenvalue weighted by atomic mass is 19.1. The third-order valence-electron chi connectivity index (χ3n) is 3.89. The number of benzene rings is 1. The number of nitrogens with one attached hydrogen (secondary N) is 1. The number of carbonyl (C=O) groups excluding carboxylic acids is 1. The maximum atomic E-state index is 12.9. The Hall–Kier alpha value is -1.50. The zero-order chi connectivity index (χ0) is 15.9. The minimum Gasteiger partial charge on any atom is -0.387 e. The fourth-order valence-corrected chi connectivity index (χ4v) is 2.62. The van der Waals surface area contributed by atoms with Crippen LogP contribution in [0, 0.1) is 5.82 Å². The van der Waals surface area contributed by atoms with Gasteiger partial charge in [-0.1, -0.05) is 12.1 Å². The van der Waals surface area contributed by atoms with Crippen LogP contribution in [0.3, 0.4) is 0 Å². The highest BCUT2D eigenvalue weighted by molar-refractivity contribution is 5.77. The van der Waals surface area contributed by atoms with Crippen LogP contribution < -0.4 is 5.32 Å². The molecule has 0 aromatic heterocycles. The standard InChI is InChI=1S/C16H24FN3O2/c1-2-18-16(22)12-20-9-7-19(8-10-20)11-15(21)13-3-5-14(17)6-4-13/h3-6,15,21H,2,7-12H2,1H3,(H,18,22). The van der Waals surface area contributed by atoms with Crippen LogP contribution in [0.25, 0.3) is 0 Å². The molecule has 1 saturated heterocycles. The summed E-state index contributed by atoms with van der Waals surface area (Å²) in [5, 5.41) is 13.0. The molecule has 0 spiro atoms. The van der Waals surface area contributed by atoms with Gasteiger partial charge in [0.25, 0.3) is 0 Å². The molecular formula is C16H24FN3O2. The molecule has 1 aliphatic heterocycles. The van der Waals surface area contributed by atoms with E-state index in [1.807, 2.05) is 6.92 Å². The third kappa shape index (κ3) is 5.05. The van der Waals surface area contributed by atoms with Crippen LogP contribution in [0.1, 0.15) is 18.6 Å². The molecule has 0 bridgehead atoms. The molecule has 1 amide bonds. The molecule has 1 unspecified atom stereocenters. The Balaban J connectivity index is 1.75. The first-order valence-electron chi connectivity index (χ1n) is 7.73. The monoisotopic (exact) mass is 309 g/mol. The van der Waals surface area contributed by atoms with Gasteiger partial charge in [-0.25, -0.2) is 4.39 Å². The lowest BCUT2D eigenvalue weighted by Gasteiger charge is -2.35. The van der Waals surface area contributed by atoms with E-state index >= 15 is 0 Å². The van der Waals surface area contributed by atoms with Crippen molar-refractivity contribution < 1.29 is 14.3 Å². The summed E-state index contributed by atoms with van der Waals surface area (Å²) < 4.78 is 12.9. The summed E-state index contributed by atoms with van der Waals surface area (Å²) in [6, 6.07) is 5.96. The lowest BCUT2D eigenvalue weighted by molar-refractivity contribution is -0.122. The maximum Gasteiger partial charge on any atom is 0.234 e. The molecule has 6 heteroatoms. The summed E-state index contributed by atoms with van der Waals surface area (Å²) in [5.74, 6) is -0.239. The molecule has 1 heterocycles. The van der Waals surface area contributed by atoms with Crippen LogP contribution in [0.15, 0.2) is 24.3 Å². The number of likely N-dealkylation sites (N-methyl/N-ethyl adjacent to an activating group) is 1. The van der Waals surface area contributed by atoms with E-state index in [-0.39, 0.29) is 11.7 Å². The van der Waals surface area contributed by atoms with Crippen molar-refractivity contribution in [2.24, 2.45) is 0 Å². The summed E-state index contributed by atoms with van der Waals surface area (Å²) in [6.45, 7) is 6.79. The number of hydrogen-bond donors (Lipinski definition) is 2. The van der Waals surface area contributed by atoms with Crippen molar-refractivity contribution in [2.75, 3.05) is 45.8 Å². The predicted molar refractivity (Wildman–Crippen MR) is 82.9 cm³/mol. The topological polar surface area (TPSA) is 55.8 Å². The van der Waals surface area contributed by atoms with Crippen molar-refractivity contribution >= 4 is 5.91 Å². The van der Waals surface area contributed by atoms with E-state index in [1.54, 1.807) is 12.1 Å². The Kier molecular flexibility index (Phi) is 6.30. The Bertz CT molecular complexity index is 473. The molecule has 2 N–H and O–H groups in total. The maximum absolute atomic E-state index is 12.9. The van der Waals surface area contributed by atoms with E-state index in [1.165, 1.54) is 12.1 Å². The zero-order valence-electron chi connectivity index (χ0n) is 13.0. The SMILES string of the molecule is CCNC(=O)CN1CCN(CC(O)c2ccc(F)cc2)CC1. The van der Waals surface area contributed by atoms with Gasteiger partial charge in [-0.3, -0.25) is 14.6 Å². The van der Waals surface area contributed by atoms with E-state index in [0.29, 0.717) is 19.6 Å². The van der Waals surface area contributed by atoms with Crippen LogP contribution >= 0.6 is 0 Å². The molecule has 1 atom stereocenters. The molecule has 1 fully saturated rings. The minimum absolute atomic E-state index is 0.0577. The fourth-order valence-electron chi connectivity index (χ4n) is 2.62. The second-order valence-corrected chi connectivity index (χ2v) is 5.60. The van der Waals surface area contributed by atoms with Crippen LogP contribution in [0.5, 0.6) is 0 Å². The van der Waals surface area contributed by atoms with E-state index < -0.39 is 6.10 Å². The summed E-state index contributed by atoms with van der Waals surface area (Å²) in [5.41, 5.74) is 0.728. The molecule has 0 saturated carbocycles. The second-order valence-electron chi connectivity index (χ2n) is 5.60. The van der Waals surface area contributed by atoms with Crippen LogP contribution in [0.4, 0.5) is 4.39 Å². The zero-order valence-corrected chi connectivity index (χ0v) is 13.0. The molecule has 1 aromatic rings. The first-order valence-corrected chi connectivity index (χ1v) is 7.73. The number of carbonyl (C=O) groups is 1. The van der Waals surface area contributed by atoms with E-state index in [9.17, 15) is 14.3 Å². The van der Waals surface area contributed by atoms with Gasteiger partial charge in [-0.2, -0.15) is 0 Å². The largest absolute Gasteiger partial charge is 0.387 e. The van der Waals surface area contributed by atoms with Crippen molar-refractivity contribution in [2.45, 2.75) is 13.0 Å². The first kappa shape index (κ1) is 16.9. The summed E-state index contributed by atoms with van der Waals surface area (Å²) >= 11 is 0. The van der Waals surface area contributed by atoms with Crippen molar-refractivity contribution in [3.8, 4) is 0 Å². The number of rotatable bonds is 6. The quantitative estimate of drug-likeness (QED) is 0.808. The summed E-state index contributed by atoms with van der Waals surface area (Å²) in [4.78, 5) is 15.8. The third-order valence-corrected chi connectivity index (χ3v) is 3.89. The summed E-state index contributed by atoms with van der Waals surface area (Å²) in [7, 11) is 0. The van der Waals surface area contributed by atoms with Gasteiger partial charge in [0, 0.05) is 39.3 Å². The number of aliphatic hydroxyl groups is 1. The van der Waals surface area contributed by atoms with Crippen molar-refractivity contribution in [3.05, 3.63) is 35.6 Å². The number of aliphatic hydroxyl groups excluding tert-OH is 1. The van der Waals surface area contributed by atoms with Gasteiger partial charge in [0.2, 0.25) is 5.91 Å². The van der Waals surface area contributed by atoms with Crippen LogP contribution in [-0.2, 0) is 4.79 Å². The molecule has 5 nitrogen and oxygen atoms in total. The van der Waals surface area contributed by atoms with Gasteiger partial charge in [0.15, 0.2) is 0 Å². The molecule has 1 aromatic carbocycles. The highest BCUT2D eigenvalue weighted by Crippen LogP contribution is 2.15. The number of nitrogens with zero attached hydrogens (tertiary/aromatic N) is 2. The lowest BCUT2D eigenvalue weighted by Crippen LogP contribution is -2.50. The predicted octanol–water partition coefficient (Wildman–Crippen LogP) is 0.613. The number of amides is 1. The van der Waals surface area contributed by atoms with Gasteiger partial charge >= 0.3 is 0 Å². The fraction of sp³-hybridized carbons (Fsp3) is 0.562. The van der Waals surface area contributed by atoms with Gasteiger partial charge < -0.3 is 10.4 Å². The van der Waals surface area contributed by atoms with Gasteiger partial charge in [0.05, 0.1) is 12.6 Å². The molecule has 0 aliphatic carbocycles. The normalized spacial score (nSPS) is 18.1. The second kappa shape index (κ2) is 8.22. The molecule has 122 valence electrons. The number of β-amino-alcohol motifs (C(OH)–C–C–N with tert-alkyl or cyclic N) is 1. The summed E-state index contributed by atoms with van der Waals surface area (Å²) in [6.07, 6.45) is -0.615. The lowest BCUT2D eigenvalue weighted by atomic mass is 10.1. The Morgan fingerprint density at radius 3 is 2.41 bits per heavy atom. The first-order chi connectivity index (χ1) is 10.6.